The van der Waals surface area contributed by atoms with Gasteiger partial charge in [-0.15, -0.1) is 0 Å². The minimum Gasteiger partial charge on any atom is -0.398 e. The second-order valence-electron chi connectivity index (χ2n) is 4.42. The van der Waals surface area contributed by atoms with Gasteiger partial charge in [-0.1, -0.05) is 13.0 Å². The molecule has 0 aromatic heterocycles. The average molecular weight is 258 g/mol. The molecule has 1 aromatic carbocycles. The van der Waals surface area contributed by atoms with Crippen LogP contribution in [0.15, 0.2) is 23.1 Å². The van der Waals surface area contributed by atoms with Crippen molar-refractivity contribution in [2.24, 2.45) is 5.92 Å². The number of nitrogens with two attached hydrogens (primary N) is 1. The first-order chi connectivity index (χ1) is 7.93. The van der Waals surface area contributed by atoms with E-state index in [1.807, 2.05) is 6.92 Å². The number of nitrogen functional groups attached to an aromatic ring is 1. The van der Waals surface area contributed by atoms with Gasteiger partial charge in [0.15, 0.2) is 0 Å². The van der Waals surface area contributed by atoms with Crippen molar-refractivity contribution < 1.29 is 12.8 Å². The summed E-state index contributed by atoms with van der Waals surface area (Å²) < 4.78 is 39.4. The molecule has 1 unspecified atom stereocenters. The zero-order valence-corrected chi connectivity index (χ0v) is 10.4. The molecule has 0 amide bonds. The van der Waals surface area contributed by atoms with Gasteiger partial charge >= 0.3 is 0 Å². The SMILES string of the molecule is CC1CCN(S(=O)(=O)c2c(N)cccc2F)C1. The normalized spacial score (nSPS) is 21.9. The van der Waals surface area contributed by atoms with Crippen LogP contribution in [0.25, 0.3) is 0 Å². The number of nitrogens with zero attached hydrogens (tertiary/aromatic N) is 1. The van der Waals surface area contributed by atoms with Crippen LogP contribution in [-0.4, -0.2) is 25.8 Å². The van der Waals surface area contributed by atoms with Crippen molar-refractivity contribution in [3.63, 3.8) is 0 Å². The maximum absolute atomic E-state index is 13.6. The van der Waals surface area contributed by atoms with Gasteiger partial charge in [-0.3, -0.25) is 0 Å². The number of benzene rings is 1. The van der Waals surface area contributed by atoms with E-state index in [2.05, 4.69) is 0 Å². The van der Waals surface area contributed by atoms with Gasteiger partial charge in [0, 0.05) is 13.1 Å². The Morgan fingerprint density at radius 2 is 2.18 bits per heavy atom. The van der Waals surface area contributed by atoms with Gasteiger partial charge in [0.1, 0.15) is 10.7 Å². The third kappa shape index (κ3) is 2.14. The molecule has 4 nitrogen and oxygen atoms in total. The lowest BCUT2D eigenvalue weighted by Crippen LogP contribution is -2.30. The van der Waals surface area contributed by atoms with Crippen molar-refractivity contribution in [2.75, 3.05) is 18.8 Å². The van der Waals surface area contributed by atoms with Crippen LogP contribution in [0.5, 0.6) is 0 Å². The van der Waals surface area contributed by atoms with E-state index in [0.717, 1.165) is 12.5 Å². The molecule has 1 aliphatic heterocycles. The molecule has 0 aliphatic carbocycles. The number of halogens is 1. The molecule has 1 fully saturated rings. The fourth-order valence-corrected chi connectivity index (χ4v) is 3.77. The quantitative estimate of drug-likeness (QED) is 0.816. The van der Waals surface area contributed by atoms with E-state index >= 15 is 0 Å². The summed E-state index contributed by atoms with van der Waals surface area (Å²) in [6.07, 6.45) is 0.799. The predicted molar refractivity (Wildman–Crippen MR) is 63.4 cm³/mol. The number of sulfonamides is 1. The van der Waals surface area contributed by atoms with Crippen molar-refractivity contribution in [1.82, 2.24) is 4.31 Å². The molecule has 1 aromatic rings. The Morgan fingerprint density at radius 1 is 1.47 bits per heavy atom. The molecule has 94 valence electrons. The Kier molecular flexibility index (Phi) is 3.09. The molecule has 1 aliphatic rings. The van der Waals surface area contributed by atoms with Crippen molar-refractivity contribution >= 4 is 15.7 Å². The van der Waals surface area contributed by atoms with Gasteiger partial charge in [-0.25, -0.2) is 12.8 Å². The average Bonchev–Trinajstić information content (AvgIpc) is 2.64. The van der Waals surface area contributed by atoms with Gasteiger partial charge < -0.3 is 5.73 Å². The van der Waals surface area contributed by atoms with Crippen LogP contribution in [0.4, 0.5) is 10.1 Å². The maximum Gasteiger partial charge on any atom is 0.248 e. The van der Waals surface area contributed by atoms with Crippen LogP contribution in [0.1, 0.15) is 13.3 Å². The van der Waals surface area contributed by atoms with Crippen molar-refractivity contribution in [2.45, 2.75) is 18.2 Å². The van der Waals surface area contributed by atoms with Crippen LogP contribution in [0, 0.1) is 11.7 Å². The Balaban J connectivity index is 2.45. The lowest BCUT2D eigenvalue weighted by molar-refractivity contribution is 0.458. The van der Waals surface area contributed by atoms with E-state index in [0.29, 0.717) is 19.0 Å². The molecule has 17 heavy (non-hydrogen) atoms. The summed E-state index contributed by atoms with van der Waals surface area (Å²) in [6, 6.07) is 3.91. The van der Waals surface area contributed by atoms with Crippen LogP contribution >= 0.6 is 0 Å². The predicted octanol–water partition coefficient (Wildman–Crippen LogP) is 1.44. The number of hydrogen-bond acceptors (Lipinski definition) is 3. The van der Waals surface area contributed by atoms with E-state index in [-0.39, 0.29) is 5.69 Å². The van der Waals surface area contributed by atoms with E-state index in [9.17, 15) is 12.8 Å². The van der Waals surface area contributed by atoms with Crippen molar-refractivity contribution in [1.29, 1.82) is 0 Å². The lowest BCUT2D eigenvalue weighted by atomic mass is 10.2. The zero-order chi connectivity index (χ0) is 12.6. The first-order valence-corrected chi connectivity index (χ1v) is 6.91. The van der Waals surface area contributed by atoms with Crippen LogP contribution in [0.3, 0.4) is 0 Å². The Morgan fingerprint density at radius 3 is 2.71 bits per heavy atom. The lowest BCUT2D eigenvalue weighted by Gasteiger charge is -2.17. The maximum atomic E-state index is 13.6. The third-order valence-electron chi connectivity index (χ3n) is 2.98. The second-order valence-corrected chi connectivity index (χ2v) is 6.29. The van der Waals surface area contributed by atoms with Gasteiger partial charge in [0.05, 0.1) is 5.69 Å². The van der Waals surface area contributed by atoms with E-state index < -0.39 is 20.7 Å². The van der Waals surface area contributed by atoms with Crippen LogP contribution in [0.2, 0.25) is 0 Å². The van der Waals surface area contributed by atoms with Gasteiger partial charge in [-0.2, -0.15) is 4.31 Å². The molecule has 6 heteroatoms. The van der Waals surface area contributed by atoms with E-state index in [1.54, 1.807) is 0 Å². The summed E-state index contributed by atoms with van der Waals surface area (Å²) in [5, 5.41) is 0. The summed E-state index contributed by atoms with van der Waals surface area (Å²) >= 11 is 0. The summed E-state index contributed by atoms with van der Waals surface area (Å²) in [5.41, 5.74) is 5.53. The molecule has 1 saturated heterocycles. The third-order valence-corrected chi connectivity index (χ3v) is 4.94. The number of anilines is 1. The highest BCUT2D eigenvalue weighted by molar-refractivity contribution is 7.89. The molecular weight excluding hydrogens is 243 g/mol. The summed E-state index contributed by atoms with van der Waals surface area (Å²) in [5.74, 6) is -0.484. The molecular formula is C11H15FN2O2S. The van der Waals surface area contributed by atoms with Gasteiger partial charge in [0.2, 0.25) is 10.0 Å². The molecule has 2 rings (SSSR count). The van der Waals surface area contributed by atoms with E-state index in [4.69, 9.17) is 5.73 Å². The summed E-state index contributed by atoms with van der Waals surface area (Å²) in [4.78, 5) is -0.394. The van der Waals surface area contributed by atoms with Crippen molar-refractivity contribution in [3.05, 3.63) is 24.0 Å². The molecule has 0 bridgehead atoms. The Labute approximate surface area is 100 Å². The first-order valence-electron chi connectivity index (χ1n) is 5.47. The van der Waals surface area contributed by atoms with Crippen LogP contribution < -0.4 is 5.73 Å². The van der Waals surface area contributed by atoms with E-state index in [1.165, 1.54) is 16.4 Å². The highest BCUT2D eigenvalue weighted by atomic mass is 32.2. The molecule has 1 atom stereocenters. The smallest absolute Gasteiger partial charge is 0.248 e. The van der Waals surface area contributed by atoms with Crippen molar-refractivity contribution in [3.8, 4) is 0 Å². The molecule has 0 saturated carbocycles. The summed E-state index contributed by atoms with van der Waals surface area (Å²) in [6.45, 7) is 2.83. The minimum absolute atomic E-state index is 0.0375. The fraction of sp³-hybridized carbons (Fsp3) is 0.455. The largest absolute Gasteiger partial charge is 0.398 e. The topological polar surface area (TPSA) is 63.4 Å². The molecule has 0 radical (unpaired) electrons. The Hall–Kier alpha value is -1.14. The van der Waals surface area contributed by atoms with Gasteiger partial charge in [0.25, 0.3) is 0 Å². The molecule has 2 N–H and O–H groups in total. The minimum atomic E-state index is -3.80. The molecule has 0 spiro atoms. The number of hydrogen-bond donors (Lipinski definition) is 1. The zero-order valence-electron chi connectivity index (χ0n) is 9.56. The van der Waals surface area contributed by atoms with Gasteiger partial charge in [-0.05, 0) is 24.5 Å². The summed E-state index contributed by atoms with van der Waals surface area (Å²) in [7, 11) is -3.80. The molecule has 1 heterocycles. The number of rotatable bonds is 2. The fourth-order valence-electron chi connectivity index (χ4n) is 2.04. The standard InChI is InChI=1S/C11H15FN2O2S/c1-8-5-6-14(7-8)17(15,16)11-9(12)3-2-4-10(11)13/h2-4,8H,5-7,13H2,1H3. The van der Waals surface area contributed by atoms with Crippen LogP contribution in [-0.2, 0) is 10.0 Å². The second kappa shape index (κ2) is 4.27. The highest BCUT2D eigenvalue weighted by Crippen LogP contribution is 2.29. The highest BCUT2D eigenvalue weighted by Gasteiger charge is 2.33. The first kappa shape index (κ1) is 12.3. The Bertz CT molecular complexity index is 510. The monoisotopic (exact) mass is 258 g/mol.